The van der Waals surface area contributed by atoms with Crippen molar-refractivity contribution in [2.24, 2.45) is 5.73 Å². The van der Waals surface area contributed by atoms with Gasteiger partial charge in [-0.3, -0.25) is 0 Å². The van der Waals surface area contributed by atoms with E-state index in [1.165, 1.54) is 0 Å². The molecular formula is C6H15NO2Si. The van der Waals surface area contributed by atoms with Crippen LogP contribution in [0.2, 0.25) is 5.54 Å². The average Bonchev–Trinajstić information content (AvgIpc) is 1.99. The Morgan fingerprint density at radius 1 is 1.40 bits per heavy atom. The summed E-state index contributed by atoms with van der Waals surface area (Å²) < 4.78 is 10.0. The van der Waals surface area contributed by atoms with Crippen LogP contribution in [0, 0.1) is 0 Å². The molecule has 0 aliphatic rings. The van der Waals surface area contributed by atoms with Crippen molar-refractivity contribution in [3.8, 4) is 0 Å². The lowest BCUT2D eigenvalue weighted by Crippen LogP contribution is -2.27. The largest absolute Gasteiger partial charge is 0.360 e. The zero-order valence-electron chi connectivity index (χ0n) is 6.76. The molecule has 0 fully saturated rings. The van der Waals surface area contributed by atoms with Crippen molar-refractivity contribution in [1.29, 1.82) is 0 Å². The molecule has 0 aromatic rings. The van der Waals surface area contributed by atoms with Gasteiger partial charge in [0, 0.05) is 14.2 Å². The van der Waals surface area contributed by atoms with Crippen molar-refractivity contribution in [2.45, 2.75) is 18.4 Å². The maximum atomic E-state index is 5.43. The molecule has 1 atom stereocenters. The van der Waals surface area contributed by atoms with Gasteiger partial charge in [0.1, 0.15) is 15.4 Å². The fourth-order valence-electron chi connectivity index (χ4n) is 0.533. The summed E-state index contributed by atoms with van der Waals surface area (Å²) >= 11 is 0. The van der Waals surface area contributed by atoms with E-state index in [2.05, 4.69) is 6.92 Å². The first-order valence-corrected chi connectivity index (χ1v) is 4.41. The molecule has 0 aromatic heterocycles. The third-order valence-electron chi connectivity index (χ3n) is 1.20. The highest BCUT2D eigenvalue weighted by molar-refractivity contribution is 6.38. The molecule has 3 nitrogen and oxygen atoms in total. The Kier molecular flexibility index (Phi) is 5.91. The molecule has 0 rings (SSSR count). The maximum Gasteiger partial charge on any atom is 0.136 e. The fraction of sp³-hybridized carbons (Fsp3) is 1.00. The van der Waals surface area contributed by atoms with Crippen LogP contribution in [-0.2, 0) is 9.47 Å². The van der Waals surface area contributed by atoms with Crippen molar-refractivity contribution in [2.75, 3.05) is 20.8 Å². The Morgan fingerprint density at radius 2 is 1.90 bits per heavy atom. The molecule has 0 saturated carbocycles. The van der Waals surface area contributed by atoms with Crippen LogP contribution in [0.15, 0.2) is 0 Å². The predicted octanol–water partition coefficient (Wildman–Crippen LogP) is 0.0341. The molecule has 0 aromatic carbocycles. The van der Waals surface area contributed by atoms with E-state index >= 15 is 0 Å². The van der Waals surface area contributed by atoms with Gasteiger partial charge in [-0.05, 0) is 12.1 Å². The van der Waals surface area contributed by atoms with Crippen LogP contribution in [0.3, 0.4) is 0 Å². The van der Waals surface area contributed by atoms with Gasteiger partial charge in [-0.15, -0.1) is 0 Å². The molecule has 0 saturated heterocycles. The maximum absolute atomic E-state index is 5.43. The van der Waals surface area contributed by atoms with Gasteiger partial charge in [-0.25, -0.2) is 0 Å². The molecule has 0 bridgehead atoms. The van der Waals surface area contributed by atoms with Crippen LogP contribution < -0.4 is 5.73 Å². The third-order valence-corrected chi connectivity index (χ3v) is 2.75. The molecule has 0 aliphatic heterocycles. The average molecular weight is 161 g/mol. The number of rotatable bonds is 5. The van der Waals surface area contributed by atoms with Gasteiger partial charge >= 0.3 is 0 Å². The van der Waals surface area contributed by atoms with Gasteiger partial charge in [0.25, 0.3) is 0 Å². The quantitative estimate of drug-likeness (QED) is 0.457. The fourth-order valence-corrected chi connectivity index (χ4v) is 1.41. The van der Waals surface area contributed by atoms with E-state index in [9.17, 15) is 0 Å². The number of hydrogen-bond acceptors (Lipinski definition) is 3. The lowest BCUT2D eigenvalue weighted by atomic mass is 10.5. The number of nitrogens with two attached hydrogens (primary N) is 1. The lowest BCUT2D eigenvalue weighted by Gasteiger charge is -2.15. The van der Waals surface area contributed by atoms with E-state index in [0.717, 1.165) is 0 Å². The second-order valence-electron chi connectivity index (χ2n) is 2.11. The lowest BCUT2D eigenvalue weighted by molar-refractivity contribution is -0.0446. The van der Waals surface area contributed by atoms with E-state index < -0.39 is 0 Å². The summed E-state index contributed by atoms with van der Waals surface area (Å²) in [5, 5.41) is 0. The molecule has 0 spiro atoms. The molecule has 0 aliphatic carbocycles. The van der Waals surface area contributed by atoms with Gasteiger partial charge in [-0.1, -0.05) is 6.92 Å². The zero-order valence-corrected chi connectivity index (χ0v) is 7.76. The summed E-state index contributed by atoms with van der Waals surface area (Å²) in [5.74, 6) is -0.0708. The monoisotopic (exact) mass is 161 g/mol. The van der Waals surface area contributed by atoms with Crippen molar-refractivity contribution < 1.29 is 9.47 Å². The highest BCUT2D eigenvalue weighted by Gasteiger charge is 2.10. The van der Waals surface area contributed by atoms with Gasteiger partial charge in [-0.2, -0.15) is 0 Å². The van der Waals surface area contributed by atoms with Crippen molar-refractivity contribution in [3.63, 3.8) is 0 Å². The zero-order chi connectivity index (χ0) is 7.98. The second kappa shape index (κ2) is 5.85. The molecule has 0 heterocycles. The standard InChI is InChI=1S/C6H15NO2Si/c1-5(4-7)10-6(8-2)9-3/h5-6H,4,7H2,1-3H3. The summed E-state index contributed by atoms with van der Waals surface area (Å²) in [6.45, 7) is 2.78. The van der Waals surface area contributed by atoms with Gasteiger partial charge in [0.15, 0.2) is 0 Å². The van der Waals surface area contributed by atoms with Gasteiger partial charge in [0.05, 0.1) is 0 Å². The first-order chi connectivity index (χ1) is 4.74. The highest BCUT2D eigenvalue weighted by atomic mass is 28.2. The summed E-state index contributed by atoms with van der Waals surface area (Å²) in [5.41, 5.74) is 5.92. The molecule has 4 heteroatoms. The van der Waals surface area contributed by atoms with Gasteiger partial charge in [0.2, 0.25) is 0 Å². The first kappa shape index (κ1) is 10.1. The van der Waals surface area contributed by atoms with Crippen LogP contribution >= 0.6 is 0 Å². The van der Waals surface area contributed by atoms with E-state index in [1.54, 1.807) is 14.2 Å². The minimum atomic E-state index is -0.0708. The highest BCUT2D eigenvalue weighted by Crippen LogP contribution is 2.01. The molecule has 2 radical (unpaired) electrons. The van der Waals surface area contributed by atoms with Crippen molar-refractivity contribution in [1.82, 2.24) is 0 Å². The second-order valence-corrected chi connectivity index (χ2v) is 3.90. The number of hydrogen-bond donors (Lipinski definition) is 1. The molecule has 10 heavy (non-hydrogen) atoms. The Balaban J connectivity index is 3.41. The Labute approximate surface area is 64.7 Å². The van der Waals surface area contributed by atoms with Crippen LogP contribution in [0.4, 0.5) is 0 Å². The summed E-state index contributed by atoms with van der Waals surface area (Å²) in [4.78, 5) is 0. The van der Waals surface area contributed by atoms with Crippen LogP contribution in [-0.4, -0.2) is 36.2 Å². The smallest absolute Gasteiger partial charge is 0.136 e. The Morgan fingerprint density at radius 3 is 2.20 bits per heavy atom. The third kappa shape index (κ3) is 4.00. The summed E-state index contributed by atoms with van der Waals surface area (Å²) in [6, 6.07) is 0. The van der Waals surface area contributed by atoms with Crippen molar-refractivity contribution >= 4 is 9.52 Å². The van der Waals surface area contributed by atoms with Crippen molar-refractivity contribution in [3.05, 3.63) is 0 Å². The molecule has 2 N–H and O–H groups in total. The SMILES string of the molecule is COC(OC)[Si]C(C)CN. The number of ether oxygens (including phenoxy) is 2. The Hall–Kier alpha value is 0.0969. The summed E-state index contributed by atoms with van der Waals surface area (Å²) in [6.07, 6.45) is 0. The normalized spacial score (nSPS) is 14.1. The van der Waals surface area contributed by atoms with E-state index in [4.69, 9.17) is 15.2 Å². The van der Waals surface area contributed by atoms with Crippen LogP contribution in [0.1, 0.15) is 6.92 Å². The summed E-state index contributed by atoms with van der Waals surface area (Å²) in [7, 11) is 3.91. The molecule has 60 valence electrons. The van der Waals surface area contributed by atoms with Gasteiger partial charge < -0.3 is 15.2 Å². The minimum absolute atomic E-state index is 0.0708. The minimum Gasteiger partial charge on any atom is -0.360 e. The topological polar surface area (TPSA) is 44.5 Å². The van der Waals surface area contributed by atoms with Crippen LogP contribution in [0.25, 0.3) is 0 Å². The van der Waals surface area contributed by atoms with E-state index in [1.807, 2.05) is 0 Å². The first-order valence-electron chi connectivity index (χ1n) is 3.26. The molecular weight excluding hydrogens is 146 g/mol. The van der Waals surface area contributed by atoms with E-state index in [-0.39, 0.29) is 5.91 Å². The molecule has 0 amide bonds. The Bertz CT molecular complexity index is 78.1. The number of methoxy groups -OCH3 is 2. The van der Waals surface area contributed by atoms with Crippen LogP contribution in [0.5, 0.6) is 0 Å². The molecule has 1 unspecified atom stereocenters. The predicted molar refractivity (Wildman–Crippen MR) is 42.0 cm³/mol. The van der Waals surface area contributed by atoms with E-state index in [0.29, 0.717) is 21.6 Å².